The van der Waals surface area contributed by atoms with Crippen molar-refractivity contribution in [3.63, 3.8) is 0 Å². The zero-order valence-electron chi connectivity index (χ0n) is 10.4. The minimum atomic E-state index is 1.21. The summed E-state index contributed by atoms with van der Waals surface area (Å²) in [6.07, 6.45) is 20.7. The maximum Gasteiger partial charge on any atom is -0.0316 e. The first-order valence-electron chi connectivity index (χ1n) is 6.47. The third-order valence-electron chi connectivity index (χ3n) is 2.64. The van der Waals surface area contributed by atoms with E-state index in [0.29, 0.717) is 0 Å². The minimum Gasteiger partial charge on any atom is -0.0917 e. The van der Waals surface area contributed by atoms with Crippen LogP contribution in [0, 0.1) is 6.92 Å². The Kier molecular flexibility index (Phi) is 13.0. The Hall–Kier alpha value is -0.520. The molecule has 0 aromatic carbocycles. The van der Waals surface area contributed by atoms with Crippen molar-refractivity contribution in [1.29, 1.82) is 0 Å². The maximum absolute atomic E-state index is 3.68. The molecule has 0 aromatic rings. The van der Waals surface area contributed by atoms with E-state index in [1.54, 1.807) is 0 Å². The molecule has 0 heteroatoms. The van der Waals surface area contributed by atoms with Gasteiger partial charge in [-0.25, -0.2) is 0 Å². The molecule has 0 aliphatic rings. The van der Waals surface area contributed by atoms with Gasteiger partial charge in [0.15, 0.2) is 0 Å². The normalized spacial score (nSPS) is 11.9. The second kappa shape index (κ2) is 13.5. The van der Waals surface area contributed by atoms with Gasteiger partial charge in [0.1, 0.15) is 0 Å². The predicted octanol–water partition coefficient (Wildman–Crippen LogP) is 5.46. The monoisotopic (exact) mass is 207 g/mol. The van der Waals surface area contributed by atoms with Gasteiger partial charge in [0, 0.05) is 0 Å². The van der Waals surface area contributed by atoms with Gasteiger partial charge in [-0.15, -0.1) is 0 Å². The summed E-state index contributed by atoms with van der Waals surface area (Å²) in [7, 11) is 0. The number of rotatable bonds is 10. The molecule has 0 rings (SSSR count). The van der Waals surface area contributed by atoms with Crippen molar-refractivity contribution >= 4 is 0 Å². The molecule has 0 unspecified atom stereocenters. The molecule has 0 saturated carbocycles. The van der Waals surface area contributed by atoms with Crippen molar-refractivity contribution in [3.8, 4) is 0 Å². The Labute approximate surface area is 96.5 Å². The third kappa shape index (κ3) is 13.5. The van der Waals surface area contributed by atoms with Crippen LogP contribution in [0.15, 0.2) is 24.3 Å². The molecule has 0 aliphatic carbocycles. The Bertz CT molecular complexity index is 135. The van der Waals surface area contributed by atoms with Gasteiger partial charge in [0.25, 0.3) is 0 Å². The lowest BCUT2D eigenvalue weighted by atomic mass is 10.1. The van der Waals surface area contributed by atoms with Crippen molar-refractivity contribution in [1.82, 2.24) is 0 Å². The van der Waals surface area contributed by atoms with Gasteiger partial charge in [-0.3, -0.25) is 0 Å². The Morgan fingerprint density at radius 3 is 1.67 bits per heavy atom. The fraction of sp³-hybridized carbons (Fsp3) is 0.667. The Morgan fingerprint density at radius 1 is 0.733 bits per heavy atom. The van der Waals surface area contributed by atoms with Crippen LogP contribution in [0.2, 0.25) is 0 Å². The van der Waals surface area contributed by atoms with Crippen molar-refractivity contribution in [2.24, 2.45) is 0 Å². The number of allylic oxidation sites excluding steroid dienone is 4. The molecule has 87 valence electrons. The molecule has 0 atom stereocenters. The quantitative estimate of drug-likeness (QED) is 0.329. The van der Waals surface area contributed by atoms with Gasteiger partial charge in [0.05, 0.1) is 0 Å². The van der Waals surface area contributed by atoms with E-state index in [2.05, 4.69) is 32.1 Å². The van der Waals surface area contributed by atoms with E-state index >= 15 is 0 Å². The zero-order valence-corrected chi connectivity index (χ0v) is 10.4. The third-order valence-corrected chi connectivity index (χ3v) is 2.64. The van der Waals surface area contributed by atoms with E-state index in [-0.39, 0.29) is 0 Å². The summed E-state index contributed by atoms with van der Waals surface area (Å²) in [5.41, 5.74) is 0. The van der Waals surface area contributed by atoms with Crippen LogP contribution in [0.5, 0.6) is 0 Å². The van der Waals surface area contributed by atoms with E-state index in [0.717, 1.165) is 0 Å². The lowest BCUT2D eigenvalue weighted by molar-refractivity contribution is 0.583. The topological polar surface area (TPSA) is 0 Å². The molecule has 0 fully saturated rings. The molecule has 0 amide bonds. The van der Waals surface area contributed by atoms with Gasteiger partial charge < -0.3 is 0 Å². The summed E-state index contributed by atoms with van der Waals surface area (Å²) in [6, 6.07) is 0. The number of hydrogen-bond donors (Lipinski definition) is 0. The van der Waals surface area contributed by atoms with E-state index in [1.807, 2.05) is 6.08 Å². The van der Waals surface area contributed by atoms with Crippen molar-refractivity contribution in [3.05, 3.63) is 31.2 Å². The summed E-state index contributed by atoms with van der Waals surface area (Å²) in [4.78, 5) is 0. The van der Waals surface area contributed by atoms with E-state index < -0.39 is 0 Å². The van der Waals surface area contributed by atoms with Crippen LogP contribution in [0.25, 0.3) is 0 Å². The molecular formula is C15H27. The smallest absolute Gasteiger partial charge is 0.0316 e. The average Bonchev–Trinajstić information content (AvgIpc) is 2.26. The fourth-order valence-corrected chi connectivity index (χ4v) is 1.69. The highest BCUT2D eigenvalue weighted by atomic mass is 14.0. The SMILES string of the molecule is [CH2]C=CCCCCCCCCCC=CC. The zero-order chi connectivity index (χ0) is 11.2. The van der Waals surface area contributed by atoms with Crippen LogP contribution in [0.4, 0.5) is 0 Å². The van der Waals surface area contributed by atoms with Gasteiger partial charge in [-0.05, 0) is 39.5 Å². The Morgan fingerprint density at radius 2 is 1.20 bits per heavy atom. The second-order valence-corrected chi connectivity index (χ2v) is 4.09. The fourth-order valence-electron chi connectivity index (χ4n) is 1.69. The molecular weight excluding hydrogens is 180 g/mol. The molecule has 15 heavy (non-hydrogen) atoms. The first-order valence-corrected chi connectivity index (χ1v) is 6.47. The molecule has 0 aromatic heterocycles. The van der Waals surface area contributed by atoms with E-state index in [9.17, 15) is 0 Å². The van der Waals surface area contributed by atoms with Crippen molar-refractivity contribution in [2.45, 2.75) is 64.7 Å². The van der Waals surface area contributed by atoms with E-state index in [1.165, 1.54) is 57.8 Å². The molecule has 0 spiro atoms. The van der Waals surface area contributed by atoms with Gasteiger partial charge >= 0.3 is 0 Å². The van der Waals surface area contributed by atoms with Crippen molar-refractivity contribution in [2.75, 3.05) is 0 Å². The van der Waals surface area contributed by atoms with Crippen molar-refractivity contribution < 1.29 is 0 Å². The summed E-state index contributed by atoms with van der Waals surface area (Å²) in [5.74, 6) is 0. The molecule has 1 radical (unpaired) electrons. The highest BCUT2D eigenvalue weighted by Gasteiger charge is 1.90. The summed E-state index contributed by atoms with van der Waals surface area (Å²) in [6.45, 7) is 5.78. The van der Waals surface area contributed by atoms with E-state index in [4.69, 9.17) is 0 Å². The standard InChI is InChI=1S/C15H27/c1-3-5-7-9-11-13-15-14-12-10-8-6-4-2/h3-6H,1,7-15H2,2H3. The van der Waals surface area contributed by atoms with Crippen LogP contribution < -0.4 is 0 Å². The summed E-state index contributed by atoms with van der Waals surface area (Å²) >= 11 is 0. The summed E-state index contributed by atoms with van der Waals surface area (Å²) < 4.78 is 0. The van der Waals surface area contributed by atoms with Crippen LogP contribution in [0.3, 0.4) is 0 Å². The lowest BCUT2D eigenvalue weighted by Crippen LogP contribution is -1.80. The molecule has 0 bridgehead atoms. The first kappa shape index (κ1) is 14.5. The number of hydrogen-bond acceptors (Lipinski definition) is 0. The predicted molar refractivity (Wildman–Crippen MR) is 70.9 cm³/mol. The number of unbranched alkanes of at least 4 members (excludes halogenated alkanes) is 8. The first-order chi connectivity index (χ1) is 7.41. The largest absolute Gasteiger partial charge is 0.0917 e. The van der Waals surface area contributed by atoms with Crippen LogP contribution in [-0.4, -0.2) is 0 Å². The van der Waals surface area contributed by atoms with Gasteiger partial charge in [-0.1, -0.05) is 56.4 Å². The van der Waals surface area contributed by atoms with Gasteiger partial charge in [0.2, 0.25) is 0 Å². The van der Waals surface area contributed by atoms with Crippen LogP contribution >= 0.6 is 0 Å². The van der Waals surface area contributed by atoms with Crippen LogP contribution in [-0.2, 0) is 0 Å². The van der Waals surface area contributed by atoms with Gasteiger partial charge in [-0.2, -0.15) is 0 Å². The minimum absolute atomic E-state index is 1.21. The highest BCUT2D eigenvalue weighted by molar-refractivity contribution is 4.83. The summed E-state index contributed by atoms with van der Waals surface area (Å²) in [5, 5.41) is 0. The maximum atomic E-state index is 3.68. The van der Waals surface area contributed by atoms with Crippen LogP contribution in [0.1, 0.15) is 64.7 Å². The molecule has 0 nitrogen and oxygen atoms in total. The highest BCUT2D eigenvalue weighted by Crippen LogP contribution is 2.10. The average molecular weight is 207 g/mol. The second-order valence-electron chi connectivity index (χ2n) is 4.09. The Balaban J connectivity index is 2.92. The lowest BCUT2D eigenvalue weighted by Gasteiger charge is -1.99. The molecule has 0 saturated heterocycles. The molecule has 0 aliphatic heterocycles. The molecule has 0 N–H and O–H groups in total. The molecule has 0 heterocycles.